The van der Waals surface area contributed by atoms with Gasteiger partial charge in [0.2, 0.25) is 5.95 Å². The third-order valence-electron chi connectivity index (χ3n) is 3.06. The van der Waals surface area contributed by atoms with Gasteiger partial charge >= 0.3 is 0 Å². The summed E-state index contributed by atoms with van der Waals surface area (Å²) in [5, 5.41) is 2.74. The van der Waals surface area contributed by atoms with Gasteiger partial charge in [-0.1, -0.05) is 0 Å². The third-order valence-corrected chi connectivity index (χ3v) is 5.34. The van der Waals surface area contributed by atoms with E-state index in [9.17, 15) is 8.42 Å². The Bertz CT molecular complexity index is 531. The van der Waals surface area contributed by atoms with Crippen molar-refractivity contribution in [3.63, 3.8) is 0 Å². The monoisotopic (exact) mass is 271 g/mol. The third kappa shape index (κ3) is 2.70. The van der Waals surface area contributed by atoms with E-state index in [1.165, 1.54) is 0 Å². The van der Waals surface area contributed by atoms with E-state index in [4.69, 9.17) is 5.84 Å². The fraction of sp³-hybridized carbons (Fsp3) is 0.600. The van der Waals surface area contributed by atoms with Crippen LogP contribution in [0.25, 0.3) is 0 Å². The second-order valence-corrected chi connectivity index (χ2v) is 6.78. The largest absolute Gasteiger partial charge is 0.368 e. The van der Waals surface area contributed by atoms with Gasteiger partial charge in [0, 0.05) is 18.3 Å². The van der Waals surface area contributed by atoms with Crippen molar-refractivity contribution in [2.75, 3.05) is 23.0 Å². The number of nitrogens with zero attached hydrogens (tertiary/aromatic N) is 2. The zero-order chi connectivity index (χ0) is 13.2. The first-order valence-electron chi connectivity index (χ1n) is 5.78. The Morgan fingerprint density at radius 1 is 1.56 bits per heavy atom. The summed E-state index contributed by atoms with van der Waals surface area (Å²) in [4.78, 5) is 8.11. The van der Waals surface area contributed by atoms with E-state index >= 15 is 0 Å². The zero-order valence-electron chi connectivity index (χ0n) is 10.2. The van der Waals surface area contributed by atoms with Crippen molar-refractivity contribution in [3.05, 3.63) is 11.8 Å². The Balaban J connectivity index is 2.06. The Hall–Kier alpha value is -1.41. The van der Waals surface area contributed by atoms with Gasteiger partial charge in [0.15, 0.2) is 9.84 Å². The van der Waals surface area contributed by atoms with E-state index in [-0.39, 0.29) is 11.0 Å². The van der Waals surface area contributed by atoms with Gasteiger partial charge in [-0.2, -0.15) is 4.98 Å². The molecule has 8 heteroatoms. The number of hydrazine groups is 1. The lowest BCUT2D eigenvalue weighted by atomic mass is 10.2. The van der Waals surface area contributed by atoms with E-state index in [2.05, 4.69) is 20.7 Å². The van der Waals surface area contributed by atoms with Crippen LogP contribution in [-0.4, -0.2) is 35.9 Å². The molecule has 1 aromatic heterocycles. The number of sulfone groups is 1. The van der Waals surface area contributed by atoms with Crippen LogP contribution >= 0.6 is 0 Å². The van der Waals surface area contributed by atoms with Crippen molar-refractivity contribution in [3.8, 4) is 0 Å². The molecule has 1 fully saturated rings. The van der Waals surface area contributed by atoms with Crippen LogP contribution < -0.4 is 16.6 Å². The molecule has 0 radical (unpaired) electrons. The Morgan fingerprint density at radius 2 is 2.33 bits per heavy atom. The quantitative estimate of drug-likeness (QED) is 0.524. The van der Waals surface area contributed by atoms with Crippen molar-refractivity contribution >= 4 is 21.6 Å². The molecular formula is C10H17N5O2S. The van der Waals surface area contributed by atoms with Crippen LogP contribution in [0.5, 0.6) is 0 Å². The maximum Gasteiger partial charge on any atom is 0.239 e. The highest BCUT2D eigenvalue weighted by Crippen LogP contribution is 2.21. The maximum atomic E-state index is 11.7. The van der Waals surface area contributed by atoms with Crippen LogP contribution in [-0.2, 0) is 9.84 Å². The molecule has 4 N–H and O–H groups in total. The van der Waals surface area contributed by atoms with Crippen molar-refractivity contribution in [1.29, 1.82) is 0 Å². The van der Waals surface area contributed by atoms with Crippen LogP contribution in [0, 0.1) is 6.92 Å². The summed E-state index contributed by atoms with van der Waals surface area (Å²) >= 11 is 0. The standard InChI is InChI=1S/C10H17N5O2S/c1-7-5-13-10(15-11)14-9(7)12-6-8-3-2-4-18(8,16)17/h5,8H,2-4,6,11H2,1H3,(H2,12,13,14,15). The lowest BCUT2D eigenvalue weighted by molar-refractivity contribution is 0.591. The molecule has 1 atom stereocenters. The van der Waals surface area contributed by atoms with E-state index in [0.717, 1.165) is 12.0 Å². The number of aryl methyl sites for hydroxylation is 1. The first-order chi connectivity index (χ1) is 8.53. The number of nitrogens with one attached hydrogen (secondary N) is 2. The molecule has 0 spiro atoms. The normalized spacial score (nSPS) is 21.8. The van der Waals surface area contributed by atoms with E-state index < -0.39 is 9.84 Å². The summed E-state index contributed by atoms with van der Waals surface area (Å²) in [6.45, 7) is 2.23. The second kappa shape index (κ2) is 5.07. The zero-order valence-corrected chi connectivity index (χ0v) is 11.0. The Kier molecular flexibility index (Phi) is 3.67. The average Bonchev–Trinajstić information content (AvgIpc) is 2.67. The Morgan fingerprint density at radius 3 is 2.94 bits per heavy atom. The molecule has 0 aromatic carbocycles. The van der Waals surface area contributed by atoms with Crippen molar-refractivity contribution in [1.82, 2.24) is 9.97 Å². The summed E-state index contributed by atoms with van der Waals surface area (Å²) in [7, 11) is -2.93. The van der Waals surface area contributed by atoms with Gasteiger partial charge in [-0.3, -0.25) is 5.43 Å². The highest BCUT2D eigenvalue weighted by atomic mass is 32.2. The van der Waals surface area contributed by atoms with E-state index in [0.29, 0.717) is 24.7 Å². The molecular weight excluding hydrogens is 254 g/mol. The van der Waals surface area contributed by atoms with Crippen molar-refractivity contribution in [2.45, 2.75) is 25.0 Å². The summed E-state index contributed by atoms with van der Waals surface area (Å²) in [5.41, 5.74) is 3.21. The topological polar surface area (TPSA) is 110 Å². The number of nitrogen functional groups attached to an aromatic ring is 1. The SMILES string of the molecule is Cc1cnc(NN)nc1NCC1CCCS1(=O)=O. The van der Waals surface area contributed by atoms with E-state index in [1.54, 1.807) is 6.20 Å². The van der Waals surface area contributed by atoms with Crippen LogP contribution in [0.15, 0.2) is 6.20 Å². The molecule has 2 rings (SSSR count). The minimum absolute atomic E-state index is 0.289. The fourth-order valence-corrected chi connectivity index (χ4v) is 3.75. The summed E-state index contributed by atoms with van der Waals surface area (Å²) in [5.74, 6) is 6.44. The summed E-state index contributed by atoms with van der Waals surface area (Å²) in [6.07, 6.45) is 3.09. The van der Waals surface area contributed by atoms with Gasteiger partial charge in [0.1, 0.15) is 5.82 Å². The van der Waals surface area contributed by atoms with Crippen molar-refractivity contribution < 1.29 is 8.42 Å². The molecule has 0 bridgehead atoms. The van der Waals surface area contributed by atoms with Crippen LogP contribution in [0.3, 0.4) is 0 Å². The second-order valence-electron chi connectivity index (χ2n) is 4.38. The molecule has 1 aliphatic rings. The lowest BCUT2D eigenvalue weighted by Crippen LogP contribution is -2.26. The molecule has 1 aromatic rings. The van der Waals surface area contributed by atoms with Crippen LogP contribution in [0.1, 0.15) is 18.4 Å². The summed E-state index contributed by atoms with van der Waals surface area (Å²) in [6, 6.07) is 0. The van der Waals surface area contributed by atoms with Gasteiger partial charge in [-0.15, -0.1) is 0 Å². The molecule has 0 aliphatic carbocycles. The number of hydrogen-bond donors (Lipinski definition) is 3. The molecule has 1 aliphatic heterocycles. The summed E-state index contributed by atoms with van der Waals surface area (Å²) < 4.78 is 23.4. The number of aromatic nitrogens is 2. The van der Waals surface area contributed by atoms with Gasteiger partial charge in [-0.05, 0) is 19.8 Å². The van der Waals surface area contributed by atoms with Gasteiger partial charge < -0.3 is 5.32 Å². The number of anilines is 2. The van der Waals surface area contributed by atoms with E-state index in [1.807, 2.05) is 6.92 Å². The first-order valence-corrected chi connectivity index (χ1v) is 7.50. The molecule has 100 valence electrons. The van der Waals surface area contributed by atoms with Gasteiger partial charge in [0.25, 0.3) is 0 Å². The predicted molar refractivity (Wildman–Crippen MR) is 69.9 cm³/mol. The van der Waals surface area contributed by atoms with Crippen LogP contribution in [0.2, 0.25) is 0 Å². The van der Waals surface area contributed by atoms with Crippen molar-refractivity contribution in [2.24, 2.45) is 5.84 Å². The molecule has 1 saturated heterocycles. The first kappa shape index (κ1) is 13.0. The average molecular weight is 271 g/mol. The van der Waals surface area contributed by atoms with Gasteiger partial charge in [0.05, 0.1) is 11.0 Å². The molecule has 2 heterocycles. The molecule has 1 unspecified atom stereocenters. The maximum absolute atomic E-state index is 11.7. The minimum Gasteiger partial charge on any atom is -0.368 e. The minimum atomic E-state index is -2.93. The fourth-order valence-electron chi connectivity index (χ4n) is 1.99. The predicted octanol–water partition coefficient (Wildman–Crippen LogP) is 0.0597. The number of rotatable bonds is 4. The molecule has 7 nitrogen and oxygen atoms in total. The highest BCUT2D eigenvalue weighted by molar-refractivity contribution is 7.92. The van der Waals surface area contributed by atoms with Gasteiger partial charge in [-0.25, -0.2) is 19.2 Å². The van der Waals surface area contributed by atoms with Crippen LogP contribution in [0.4, 0.5) is 11.8 Å². The number of hydrogen-bond acceptors (Lipinski definition) is 7. The smallest absolute Gasteiger partial charge is 0.239 e. The molecule has 0 amide bonds. The highest BCUT2D eigenvalue weighted by Gasteiger charge is 2.30. The molecule has 18 heavy (non-hydrogen) atoms. The number of nitrogens with two attached hydrogens (primary N) is 1. The Labute approximate surface area is 106 Å². The molecule has 0 saturated carbocycles. The lowest BCUT2D eigenvalue weighted by Gasteiger charge is -2.13.